The summed E-state index contributed by atoms with van der Waals surface area (Å²) in [5.74, 6) is -1.28. The number of carbonyl (C=O) groups is 1. The average molecular weight is 228 g/mol. The number of rotatable bonds is 3. The number of carboxylic acids is 1. The number of nitrogens with zero attached hydrogens (tertiary/aromatic N) is 2. The Kier molecular flexibility index (Phi) is 3.14. The van der Waals surface area contributed by atoms with Crippen molar-refractivity contribution < 1.29 is 9.90 Å². The zero-order valence-corrected chi connectivity index (χ0v) is 9.37. The maximum absolute atomic E-state index is 10.9. The van der Waals surface area contributed by atoms with E-state index in [4.69, 9.17) is 5.11 Å². The Labute approximate surface area is 99.0 Å². The Morgan fingerprint density at radius 1 is 1.24 bits per heavy atom. The van der Waals surface area contributed by atoms with Crippen LogP contribution in [0.3, 0.4) is 0 Å². The van der Waals surface area contributed by atoms with Crippen LogP contribution in [-0.2, 0) is 4.79 Å². The fourth-order valence-electron chi connectivity index (χ4n) is 1.46. The van der Waals surface area contributed by atoms with Crippen LogP contribution in [0.5, 0.6) is 0 Å². The zero-order chi connectivity index (χ0) is 12.3. The molecule has 0 aliphatic rings. The van der Waals surface area contributed by atoms with E-state index in [-0.39, 0.29) is 0 Å². The van der Waals surface area contributed by atoms with E-state index in [0.29, 0.717) is 5.82 Å². The molecule has 4 heteroatoms. The molecular weight excluding hydrogens is 216 g/mol. The average Bonchev–Trinajstić information content (AvgIpc) is 2.39. The van der Waals surface area contributed by atoms with Gasteiger partial charge in [-0.05, 0) is 13.0 Å². The summed E-state index contributed by atoms with van der Waals surface area (Å²) in [6.07, 6.45) is 1.59. The van der Waals surface area contributed by atoms with Gasteiger partial charge in [0.15, 0.2) is 0 Å². The second-order valence-electron chi connectivity index (χ2n) is 3.73. The normalized spacial score (nSPS) is 12.1. The number of hydrogen-bond donors (Lipinski definition) is 1. The topological polar surface area (TPSA) is 63.1 Å². The van der Waals surface area contributed by atoms with Gasteiger partial charge in [-0.1, -0.05) is 30.3 Å². The molecule has 2 aromatic rings. The molecule has 1 heterocycles. The van der Waals surface area contributed by atoms with Crippen LogP contribution < -0.4 is 0 Å². The van der Waals surface area contributed by atoms with E-state index in [1.165, 1.54) is 0 Å². The molecule has 1 aromatic heterocycles. The van der Waals surface area contributed by atoms with Gasteiger partial charge in [-0.15, -0.1) is 0 Å². The monoisotopic (exact) mass is 228 g/mol. The second kappa shape index (κ2) is 4.74. The first-order valence-corrected chi connectivity index (χ1v) is 5.29. The minimum absolute atomic E-state index is 0.332. The quantitative estimate of drug-likeness (QED) is 0.875. The largest absolute Gasteiger partial charge is 0.481 e. The molecule has 0 saturated carbocycles. The van der Waals surface area contributed by atoms with Gasteiger partial charge in [0.25, 0.3) is 0 Å². The van der Waals surface area contributed by atoms with Crippen LogP contribution >= 0.6 is 0 Å². The summed E-state index contributed by atoms with van der Waals surface area (Å²) >= 11 is 0. The molecule has 1 N–H and O–H groups in total. The van der Waals surface area contributed by atoms with Crippen LogP contribution in [-0.4, -0.2) is 21.0 Å². The van der Waals surface area contributed by atoms with Gasteiger partial charge in [0.1, 0.15) is 11.7 Å². The van der Waals surface area contributed by atoms with Gasteiger partial charge < -0.3 is 5.11 Å². The molecule has 1 unspecified atom stereocenters. The Balaban J connectivity index is 2.39. The highest BCUT2D eigenvalue weighted by Crippen LogP contribution is 2.18. The van der Waals surface area contributed by atoms with Crippen molar-refractivity contribution in [3.05, 3.63) is 48.4 Å². The molecule has 0 radical (unpaired) electrons. The van der Waals surface area contributed by atoms with Crippen molar-refractivity contribution in [3.63, 3.8) is 0 Å². The van der Waals surface area contributed by atoms with Crippen molar-refractivity contribution >= 4 is 5.97 Å². The van der Waals surface area contributed by atoms with Crippen LogP contribution in [0.1, 0.15) is 18.7 Å². The van der Waals surface area contributed by atoms with E-state index in [2.05, 4.69) is 9.97 Å². The lowest BCUT2D eigenvalue weighted by Crippen LogP contribution is -2.11. The summed E-state index contributed by atoms with van der Waals surface area (Å²) < 4.78 is 0. The number of aliphatic carboxylic acids is 1. The van der Waals surface area contributed by atoms with E-state index in [1.54, 1.807) is 19.2 Å². The molecule has 0 spiro atoms. The number of benzene rings is 1. The van der Waals surface area contributed by atoms with Crippen LogP contribution in [0.4, 0.5) is 0 Å². The van der Waals surface area contributed by atoms with E-state index < -0.39 is 11.9 Å². The Bertz CT molecular complexity index is 526. The summed E-state index contributed by atoms with van der Waals surface area (Å²) in [6.45, 7) is 1.58. The highest BCUT2D eigenvalue weighted by molar-refractivity contribution is 5.74. The molecule has 0 fully saturated rings. The first kappa shape index (κ1) is 11.3. The van der Waals surface area contributed by atoms with Crippen LogP contribution in [0.25, 0.3) is 11.3 Å². The van der Waals surface area contributed by atoms with Crippen LogP contribution in [0.2, 0.25) is 0 Å². The summed E-state index contributed by atoms with van der Waals surface area (Å²) in [6, 6.07) is 11.4. The summed E-state index contributed by atoms with van der Waals surface area (Å²) in [5.41, 5.74) is 1.69. The standard InChI is InChI=1S/C13H12N2O2/c1-9(13(16)17)12-14-8-7-11(15-12)10-5-3-2-4-6-10/h2-9H,1H3,(H,16,17). The molecule has 0 saturated heterocycles. The van der Waals surface area contributed by atoms with Gasteiger partial charge in [0.05, 0.1) is 5.69 Å². The molecule has 4 nitrogen and oxygen atoms in total. The maximum Gasteiger partial charge on any atom is 0.313 e. The number of carboxylic acid groups (broad SMARTS) is 1. The Hall–Kier alpha value is -2.23. The van der Waals surface area contributed by atoms with Gasteiger partial charge in [-0.2, -0.15) is 0 Å². The SMILES string of the molecule is CC(C(=O)O)c1nccc(-c2ccccc2)n1. The van der Waals surface area contributed by atoms with Gasteiger partial charge >= 0.3 is 5.97 Å². The molecular formula is C13H12N2O2. The first-order valence-electron chi connectivity index (χ1n) is 5.29. The molecule has 86 valence electrons. The fourth-order valence-corrected chi connectivity index (χ4v) is 1.46. The zero-order valence-electron chi connectivity index (χ0n) is 9.37. The smallest absolute Gasteiger partial charge is 0.313 e. The minimum Gasteiger partial charge on any atom is -0.481 e. The first-order chi connectivity index (χ1) is 8.18. The molecule has 17 heavy (non-hydrogen) atoms. The van der Waals surface area contributed by atoms with Gasteiger partial charge in [-0.25, -0.2) is 9.97 Å². The summed E-state index contributed by atoms with van der Waals surface area (Å²) in [4.78, 5) is 19.1. The van der Waals surface area contributed by atoms with Crippen molar-refractivity contribution in [1.29, 1.82) is 0 Å². The Morgan fingerprint density at radius 2 is 1.94 bits per heavy atom. The second-order valence-corrected chi connectivity index (χ2v) is 3.73. The van der Waals surface area contributed by atoms with Gasteiger partial charge in [-0.3, -0.25) is 4.79 Å². The van der Waals surface area contributed by atoms with E-state index in [0.717, 1.165) is 11.3 Å². The van der Waals surface area contributed by atoms with Crippen molar-refractivity contribution in [3.8, 4) is 11.3 Å². The van der Waals surface area contributed by atoms with Crippen LogP contribution in [0.15, 0.2) is 42.6 Å². The minimum atomic E-state index is -0.921. The molecule has 0 aliphatic heterocycles. The van der Waals surface area contributed by atoms with E-state index in [1.807, 2.05) is 30.3 Å². The predicted octanol–water partition coefficient (Wildman–Crippen LogP) is 2.33. The third-order valence-electron chi connectivity index (χ3n) is 2.50. The molecule has 0 bridgehead atoms. The van der Waals surface area contributed by atoms with Gasteiger partial charge in [0.2, 0.25) is 0 Å². The van der Waals surface area contributed by atoms with E-state index >= 15 is 0 Å². The lowest BCUT2D eigenvalue weighted by molar-refractivity contribution is -0.138. The molecule has 1 atom stereocenters. The summed E-state index contributed by atoms with van der Waals surface area (Å²) in [5, 5.41) is 8.92. The predicted molar refractivity (Wildman–Crippen MR) is 63.5 cm³/mol. The van der Waals surface area contributed by atoms with Crippen molar-refractivity contribution in [2.75, 3.05) is 0 Å². The highest BCUT2D eigenvalue weighted by Gasteiger charge is 2.17. The molecule has 2 rings (SSSR count). The van der Waals surface area contributed by atoms with Gasteiger partial charge in [0, 0.05) is 11.8 Å². The van der Waals surface area contributed by atoms with Crippen molar-refractivity contribution in [1.82, 2.24) is 9.97 Å². The summed E-state index contributed by atoms with van der Waals surface area (Å²) in [7, 11) is 0. The highest BCUT2D eigenvalue weighted by atomic mass is 16.4. The van der Waals surface area contributed by atoms with Crippen molar-refractivity contribution in [2.45, 2.75) is 12.8 Å². The lowest BCUT2D eigenvalue weighted by Gasteiger charge is -2.06. The Morgan fingerprint density at radius 3 is 2.59 bits per heavy atom. The third kappa shape index (κ3) is 2.47. The number of aromatic nitrogens is 2. The van der Waals surface area contributed by atoms with Crippen molar-refractivity contribution in [2.24, 2.45) is 0 Å². The molecule has 1 aromatic carbocycles. The van der Waals surface area contributed by atoms with Crippen LogP contribution in [0, 0.1) is 0 Å². The van der Waals surface area contributed by atoms with E-state index in [9.17, 15) is 4.79 Å². The fraction of sp³-hybridized carbons (Fsp3) is 0.154. The third-order valence-corrected chi connectivity index (χ3v) is 2.50. The lowest BCUT2D eigenvalue weighted by atomic mass is 10.1. The number of hydrogen-bond acceptors (Lipinski definition) is 3. The maximum atomic E-state index is 10.9. The molecule has 0 amide bonds. The molecule has 0 aliphatic carbocycles.